The molecule has 0 spiro atoms. The summed E-state index contributed by atoms with van der Waals surface area (Å²) in [6.07, 6.45) is 0.421. The molecule has 0 aliphatic rings. The van der Waals surface area contributed by atoms with Gasteiger partial charge in [-0.15, -0.1) is 0 Å². The van der Waals surface area contributed by atoms with Gasteiger partial charge in [-0.2, -0.15) is 0 Å². The molecule has 3 rings (SSSR count). The molecule has 0 heterocycles. The molecular formula is C22H20BrNO5S. The van der Waals surface area contributed by atoms with Crippen LogP contribution < -0.4 is 9.46 Å². The van der Waals surface area contributed by atoms with Crippen LogP contribution >= 0.6 is 15.9 Å². The molecule has 0 amide bonds. The van der Waals surface area contributed by atoms with Crippen LogP contribution in [0.3, 0.4) is 0 Å². The lowest BCUT2D eigenvalue weighted by molar-refractivity contribution is 0.0599. The summed E-state index contributed by atoms with van der Waals surface area (Å²) in [4.78, 5) is 12.4. The van der Waals surface area contributed by atoms with Crippen LogP contribution in [0, 0.1) is 0 Å². The molecule has 0 saturated heterocycles. The van der Waals surface area contributed by atoms with Gasteiger partial charge in [0, 0.05) is 4.47 Å². The maximum absolute atomic E-state index is 12.8. The Kier molecular flexibility index (Phi) is 6.79. The third-order valence-corrected chi connectivity index (χ3v) is 6.77. The van der Waals surface area contributed by atoms with E-state index in [1.54, 1.807) is 18.2 Å². The summed E-state index contributed by atoms with van der Waals surface area (Å²) in [5.41, 5.74) is 2.28. The summed E-state index contributed by atoms with van der Waals surface area (Å²) in [6.45, 7) is 0. The molecule has 1 N–H and O–H groups in total. The van der Waals surface area contributed by atoms with Crippen LogP contribution in [-0.4, -0.2) is 28.6 Å². The van der Waals surface area contributed by atoms with E-state index in [9.17, 15) is 13.2 Å². The van der Waals surface area contributed by atoms with E-state index in [2.05, 4.69) is 20.7 Å². The molecule has 8 heteroatoms. The minimum atomic E-state index is -3.84. The smallest absolute Gasteiger partial charge is 0.338 e. The van der Waals surface area contributed by atoms with E-state index in [1.165, 1.54) is 32.4 Å². The van der Waals surface area contributed by atoms with E-state index >= 15 is 0 Å². The van der Waals surface area contributed by atoms with Gasteiger partial charge in [0.25, 0.3) is 10.0 Å². The van der Waals surface area contributed by atoms with Gasteiger partial charge in [0.15, 0.2) is 0 Å². The van der Waals surface area contributed by atoms with E-state index in [4.69, 9.17) is 9.47 Å². The average Bonchev–Trinajstić information content (AvgIpc) is 2.76. The second kappa shape index (κ2) is 9.32. The zero-order valence-corrected chi connectivity index (χ0v) is 18.8. The van der Waals surface area contributed by atoms with Crippen LogP contribution in [0.1, 0.15) is 21.5 Å². The van der Waals surface area contributed by atoms with Crippen molar-refractivity contribution >= 4 is 37.6 Å². The summed E-state index contributed by atoms with van der Waals surface area (Å²) in [5, 5.41) is 0. The number of esters is 1. The van der Waals surface area contributed by atoms with Gasteiger partial charge < -0.3 is 9.47 Å². The van der Waals surface area contributed by atoms with Crippen molar-refractivity contribution in [2.24, 2.45) is 0 Å². The number of rotatable bonds is 7. The number of anilines is 1. The van der Waals surface area contributed by atoms with Crippen LogP contribution in [0.25, 0.3) is 0 Å². The lowest BCUT2D eigenvalue weighted by Gasteiger charge is -2.16. The van der Waals surface area contributed by atoms with Crippen molar-refractivity contribution in [3.8, 4) is 5.75 Å². The monoisotopic (exact) mass is 489 g/mol. The number of hydrogen-bond acceptors (Lipinski definition) is 5. The van der Waals surface area contributed by atoms with Crippen molar-refractivity contribution in [1.82, 2.24) is 0 Å². The predicted molar refractivity (Wildman–Crippen MR) is 119 cm³/mol. The van der Waals surface area contributed by atoms with Crippen molar-refractivity contribution in [1.29, 1.82) is 0 Å². The molecule has 30 heavy (non-hydrogen) atoms. The molecule has 0 radical (unpaired) electrons. The number of halogens is 1. The molecule has 3 aromatic rings. The summed E-state index contributed by atoms with van der Waals surface area (Å²) in [7, 11) is -1.02. The number of nitrogens with one attached hydrogen (secondary N) is 1. The van der Waals surface area contributed by atoms with E-state index in [-0.39, 0.29) is 4.90 Å². The Balaban J connectivity index is 2.00. The van der Waals surface area contributed by atoms with E-state index in [1.807, 2.05) is 30.3 Å². The van der Waals surface area contributed by atoms with Gasteiger partial charge in [0.2, 0.25) is 0 Å². The summed E-state index contributed by atoms with van der Waals surface area (Å²) >= 11 is 3.48. The number of carbonyl (C=O) groups is 1. The summed E-state index contributed by atoms with van der Waals surface area (Å²) in [6, 6.07) is 18.7. The normalized spacial score (nSPS) is 11.0. The lowest BCUT2D eigenvalue weighted by atomic mass is 9.99. The SMILES string of the molecule is COC(=O)c1ccc(NS(=O)(=O)c2ccc(OC)cc2)c(Br)c1Cc1ccccc1. The molecule has 0 aromatic heterocycles. The van der Waals surface area contributed by atoms with Crippen LogP contribution in [0.5, 0.6) is 5.75 Å². The fraction of sp³-hybridized carbons (Fsp3) is 0.136. The number of ether oxygens (including phenoxy) is 2. The highest BCUT2D eigenvalue weighted by atomic mass is 79.9. The third-order valence-electron chi connectivity index (χ3n) is 4.49. The second-order valence-electron chi connectivity index (χ2n) is 6.39. The van der Waals surface area contributed by atoms with Gasteiger partial charge in [-0.25, -0.2) is 13.2 Å². The number of benzene rings is 3. The average molecular weight is 490 g/mol. The number of methoxy groups -OCH3 is 2. The van der Waals surface area contributed by atoms with Crippen LogP contribution in [0.4, 0.5) is 5.69 Å². The molecule has 0 aliphatic carbocycles. The maximum atomic E-state index is 12.8. The fourth-order valence-corrected chi connectivity index (χ4v) is 4.72. The highest BCUT2D eigenvalue weighted by Crippen LogP contribution is 2.33. The minimum absolute atomic E-state index is 0.0943. The first-order valence-electron chi connectivity index (χ1n) is 8.96. The Morgan fingerprint density at radius 1 is 0.967 bits per heavy atom. The fourth-order valence-electron chi connectivity index (χ4n) is 2.93. The predicted octanol–water partition coefficient (Wildman–Crippen LogP) is 4.64. The van der Waals surface area contributed by atoms with Gasteiger partial charge in [-0.1, -0.05) is 30.3 Å². The highest BCUT2D eigenvalue weighted by Gasteiger charge is 2.21. The molecule has 156 valence electrons. The van der Waals surface area contributed by atoms with Crippen molar-refractivity contribution in [2.45, 2.75) is 11.3 Å². The molecule has 0 unspecified atom stereocenters. The molecular weight excluding hydrogens is 470 g/mol. The van der Waals surface area contributed by atoms with Crippen molar-refractivity contribution in [3.63, 3.8) is 0 Å². The molecule has 0 aliphatic heterocycles. The Morgan fingerprint density at radius 3 is 2.23 bits per heavy atom. The first-order valence-corrected chi connectivity index (χ1v) is 11.2. The van der Waals surface area contributed by atoms with Crippen molar-refractivity contribution < 1.29 is 22.7 Å². The van der Waals surface area contributed by atoms with E-state index < -0.39 is 16.0 Å². The Labute approximate surface area is 184 Å². The first-order chi connectivity index (χ1) is 14.4. The molecule has 0 bridgehead atoms. The van der Waals surface area contributed by atoms with Gasteiger partial charge in [0.05, 0.1) is 30.4 Å². The topological polar surface area (TPSA) is 81.7 Å². The third kappa shape index (κ3) is 4.83. The maximum Gasteiger partial charge on any atom is 0.338 e. The van der Waals surface area contributed by atoms with E-state index in [0.29, 0.717) is 33.5 Å². The molecule has 6 nitrogen and oxygen atoms in total. The molecule has 0 fully saturated rings. The molecule has 3 aromatic carbocycles. The van der Waals surface area contributed by atoms with E-state index in [0.717, 1.165) is 5.56 Å². The highest BCUT2D eigenvalue weighted by molar-refractivity contribution is 9.10. The molecule has 0 atom stereocenters. The van der Waals surface area contributed by atoms with Gasteiger partial charge in [-0.3, -0.25) is 4.72 Å². The summed E-state index contributed by atoms with van der Waals surface area (Å²) < 4.78 is 38.7. The van der Waals surface area contributed by atoms with Crippen LogP contribution in [-0.2, 0) is 21.2 Å². The number of sulfonamides is 1. The Bertz CT molecular complexity index is 1150. The standard InChI is InChI=1S/C22H20BrNO5S/c1-28-16-8-10-17(11-9-16)30(26,27)24-20-13-12-18(22(25)29-2)19(21(20)23)14-15-6-4-3-5-7-15/h3-13,24H,14H2,1-2H3. The van der Waals surface area contributed by atoms with Crippen LogP contribution in [0.2, 0.25) is 0 Å². The zero-order valence-electron chi connectivity index (χ0n) is 16.4. The quantitative estimate of drug-likeness (QED) is 0.489. The Hall–Kier alpha value is -2.84. The van der Waals surface area contributed by atoms with Crippen LogP contribution in [0.15, 0.2) is 76.1 Å². The second-order valence-corrected chi connectivity index (χ2v) is 8.86. The van der Waals surface area contributed by atoms with Gasteiger partial charge >= 0.3 is 5.97 Å². The summed E-state index contributed by atoms with van der Waals surface area (Å²) in [5.74, 6) is 0.0638. The Morgan fingerprint density at radius 2 is 1.63 bits per heavy atom. The molecule has 0 saturated carbocycles. The zero-order chi connectivity index (χ0) is 21.7. The van der Waals surface area contributed by atoms with Gasteiger partial charge in [-0.05, 0) is 69.9 Å². The lowest BCUT2D eigenvalue weighted by Crippen LogP contribution is -2.15. The largest absolute Gasteiger partial charge is 0.497 e. The van der Waals surface area contributed by atoms with Gasteiger partial charge in [0.1, 0.15) is 5.75 Å². The number of carbonyl (C=O) groups excluding carboxylic acids is 1. The number of hydrogen-bond donors (Lipinski definition) is 1. The van der Waals surface area contributed by atoms with Crippen molar-refractivity contribution in [3.05, 3.63) is 87.9 Å². The van der Waals surface area contributed by atoms with Crippen molar-refractivity contribution in [2.75, 3.05) is 18.9 Å². The minimum Gasteiger partial charge on any atom is -0.497 e. The first kappa shape index (κ1) is 21.9.